The molecule has 1 heterocycles. The van der Waals surface area contributed by atoms with Crippen LogP contribution in [0.1, 0.15) is 24.2 Å². The lowest BCUT2D eigenvalue weighted by Gasteiger charge is -2.11. The third kappa shape index (κ3) is 3.95. The maximum atomic E-state index is 4.69. The zero-order valence-corrected chi connectivity index (χ0v) is 13.3. The Morgan fingerprint density at radius 1 is 0.909 bits per heavy atom. The van der Waals surface area contributed by atoms with E-state index in [1.807, 2.05) is 36.5 Å². The molecule has 2 aromatic carbocycles. The van der Waals surface area contributed by atoms with Gasteiger partial charge >= 0.3 is 0 Å². The highest BCUT2D eigenvalue weighted by Crippen LogP contribution is 2.26. The monoisotopic (exact) mass is 306 g/mol. The second-order valence-electron chi connectivity index (χ2n) is 5.24. The van der Waals surface area contributed by atoms with Gasteiger partial charge in [0, 0.05) is 17.5 Å². The van der Waals surface area contributed by atoms with Crippen molar-refractivity contribution in [3.63, 3.8) is 0 Å². The molecule has 0 radical (unpaired) electrons. The Labute approximate surface area is 135 Å². The van der Waals surface area contributed by atoms with Crippen LogP contribution in [0.15, 0.2) is 82.8 Å². The smallest absolute Gasteiger partial charge is 0.130 e. The van der Waals surface area contributed by atoms with Gasteiger partial charge in [0.05, 0.1) is 0 Å². The molecule has 0 saturated carbocycles. The highest BCUT2D eigenvalue weighted by Gasteiger charge is 2.09. The normalized spacial score (nSPS) is 12.0. The van der Waals surface area contributed by atoms with Crippen LogP contribution in [0.5, 0.6) is 0 Å². The lowest BCUT2D eigenvalue weighted by Crippen LogP contribution is -2.03. The van der Waals surface area contributed by atoms with Gasteiger partial charge in [0.2, 0.25) is 0 Å². The fraction of sp³-hybridized carbons (Fsp3) is 0.158. The average molecular weight is 306 g/mol. The number of aromatic nitrogens is 2. The summed E-state index contributed by atoms with van der Waals surface area (Å²) in [4.78, 5) is 10.3. The molecule has 110 valence electrons. The zero-order valence-electron chi connectivity index (χ0n) is 12.5. The average Bonchev–Trinajstić information content (AvgIpc) is 2.57. The first kappa shape index (κ1) is 14.8. The second kappa shape index (κ2) is 7.23. The van der Waals surface area contributed by atoms with E-state index in [0.717, 1.165) is 17.3 Å². The summed E-state index contributed by atoms with van der Waals surface area (Å²) in [6.45, 7) is 2.22. The standard InChI is InChI=1S/C19H18N2S/c1-15(16-8-4-2-5-9-16)14-18-20-13-12-19(21-18)22-17-10-6-3-7-11-17/h2-13,15H,14H2,1H3/t15-/m0/s1. The third-order valence-electron chi connectivity index (χ3n) is 3.50. The fourth-order valence-electron chi connectivity index (χ4n) is 2.32. The van der Waals surface area contributed by atoms with Crippen LogP contribution in [-0.2, 0) is 6.42 Å². The maximum absolute atomic E-state index is 4.69. The molecule has 2 nitrogen and oxygen atoms in total. The largest absolute Gasteiger partial charge is 0.241 e. The Balaban J connectivity index is 1.71. The van der Waals surface area contributed by atoms with Gasteiger partial charge in [-0.05, 0) is 29.7 Å². The molecule has 0 aliphatic rings. The first-order chi connectivity index (χ1) is 10.8. The lowest BCUT2D eigenvalue weighted by molar-refractivity contribution is 0.707. The fourth-order valence-corrected chi connectivity index (χ4v) is 3.13. The van der Waals surface area contributed by atoms with Gasteiger partial charge in [0.25, 0.3) is 0 Å². The molecule has 0 saturated heterocycles. The van der Waals surface area contributed by atoms with E-state index >= 15 is 0 Å². The first-order valence-corrected chi connectivity index (χ1v) is 8.22. The van der Waals surface area contributed by atoms with Crippen LogP contribution in [-0.4, -0.2) is 9.97 Å². The van der Waals surface area contributed by atoms with E-state index in [9.17, 15) is 0 Å². The summed E-state index contributed by atoms with van der Waals surface area (Å²) < 4.78 is 0. The molecule has 0 fully saturated rings. The van der Waals surface area contributed by atoms with E-state index in [0.29, 0.717) is 5.92 Å². The summed E-state index contributed by atoms with van der Waals surface area (Å²) in [7, 11) is 0. The minimum Gasteiger partial charge on any atom is -0.241 e. The minimum atomic E-state index is 0.415. The van der Waals surface area contributed by atoms with Crippen molar-refractivity contribution < 1.29 is 0 Å². The van der Waals surface area contributed by atoms with Crippen LogP contribution in [0.4, 0.5) is 0 Å². The van der Waals surface area contributed by atoms with Crippen molar-refractivity contribution in [1.82, 2.24) is 9.97 Å². The highest BCUT2D eigenvalue weighted by molar-refractivity contribution is 7.99. The van der Waals surface area contributed by atoms with Crippen LogP contribution < -0.4 is 0 Å². The number of rotatable bonds is 5. The first-order valence-electron chi connectivity index (χ1n) is 7.41. The van der Waals surface area contributed by atoms with E-state index in [-0.39, 0.29) is 0 Å². The molecular formula is C19H18N2S. The van der Waals surface area contributed by atoms with Crippen molar-refractivity contribution >= 4 is 11.8 Å². The van der Waals surface area contributed by atoms with E-state index in [4.69, 9.17) is 0 Å². The maximum Gasteiger partial charge on any atom is 0.130 e. The van der Waals surface area contributed by atoms with E-state index in [1.165, 1.54) is 10.5 Å². The van der Waals surface area contributed by atoms with Gasteiger partial charge in [0.1, 0.15) is 10.9 Å². The van der Waals surface area contributed by atoms with E-state index in [2.05, 4.69) is 53.3 Å². The summed E-state index contributed by atoms with van der Waals surface area (Å²) in [6.07, 6.45) is 2.71. The van der Waals surface area contributed by atoms with E-state index in [1.54, 1.807) is 11.8 Å². The van der Waals surface area contributed by atoms with Gasteiger partial charge in [-0.2, -0.15) is 0 Å². The molecule has 3 aromatic rings. The Hall–Kier alpha value is -2.13. The van der Waals surface area contributed by atoms with Gasteiger partial charge in [0.15, 0.2) is 0 Å². The van der Waals surface area contributed by atoms with Crippen LogP contribution in [0, 0.1) is 0 Å². The predicted octanol–water partition coefficient (Wildman–Crippen LogP) is 4.97. The topological polar surface area (TPSA) is 25.8 Å². The molecule has 22 heavy (non-hydrogen) atoms. The summed E-state index contributed by atoms with van der Waals surface area (Å²) in [6, 6.07) is 22.8. The van der Waals surface area contributed by atoms with Gasteiger partial charge in [-0.3, -0.25) is 0 Å². The zero-order chi connectivity index (χ0) is 15.2. The SMILES string of the molecule is C[C@@H](Cc1nccc(Sc2ccccc2)n1)c1ccccc1. The molecule has 0 amide bonds. The molecule has 0 spiro atoms. The lowest BCUT2D eigenvalue weighted by atomic mass is 9.98. The molecular weight excluding hydrogens is 288 g/mol. The highest BCUT2D eigenvalue weighted by atomic mass is 32.2. The van der Waals surface area contributed by atoms with Crippen molar-refractivity contribution in [1.29, 1.82) is 0 Å². The van der Waals surface area contributed by atoms with Gasteiger partial charge in [-0.25, -0.2) is 9.97 Å². The van der Waals surface area contributed by atoms with Crippen molar-refractivity contribution in [2.24, 2.45) is 0 Å². The molecule has 1 aromatic heterocycles. The van der Waals surface area contributed by atoms with Crippen LogP contribution >= 0.6 is 11.8 Å². The Kier molecular flexibility index (Phi) is 4.86. The quantitative estimate of drug-likeness (QED) is 0.622. The second-order valence-corrected chi connectivity index (χ2v) is 6.34. The Bertz CT molecular complexity index is 714. The summed E-state index contributed by atoms with van der Waals surface area (Å²) in [5, 5.41) is 0.997. The Morgan fingerprint density at radius 2 is 1.59 bits per heavy atom. The number of nitrogens with zero attached hydrogens (tertiary/aromatic N) is 2. The Morgan fingerprint density at radius 3 is 2.32 bits per heavy atom. The predicted molar refractivity (Wildman–Crippen MR) is 91.2 cm³/mol. The minimum absolute atomic E-state index is 0.415. The molecule has 0 N–H and O–H groups in total. The van der Waals surface area contributed by atoms with Crippen LogP contribution in [0.3, 0.4) is 0 Å². The van der Waals surface area contributed by atoms with Gasteiger partial charge in [-0.1, -0.05) is 67.2 Å². The molecule has 0 unspecified atom stereocenters. The molecule has 0 aliphatic heterocycles. The molecule has 0 aliphatic carbocycles. The number of benzene rings is 2. The molecule has 1 atom stereocenters. The van der Waals surface area contributed by atoms with Gasteiger partial charge in [-0.15, -0.1) is 0 Å². The van der Waals surface area contributed by atoms with Crippen molar-refractivity contribution in [3.05, 3.63) is 84.3 Å². The van der Waals surface area contributed by atoms with Crippen molar-refractivity contribution in [2.75, 3.05) is 0 Å². The molecule has 0 bridgehead atoms. The molecule has 3 heteroatoms. The third-order valence-corrected chi connectivity index (χ3v) is 4.45. The van der Waals surface area contributed by atoms with Crippen LogP contribution in [0.25, 0.3) is 0 Å². The van der Waals surface area contributed by atoms with Crippen molar-refractivity contribution in [2.45, 2.75) is 29.2 Å². The number of hydrogen-bond acceptors (Lipinski definition) is 3. The van der Waals surface area contributed by atoms with Crippen molar-refractivity contribution in [3.8, 4) is 0 Å². The number of hydrogen-bond donors (Lipinski definition) is 0. The molecule has 3 rings (SSSR count). The summed E-state index contributed by atoms with van der Waals surface area (Å²) in [5.41, 5.74) is 1.33. The van der Waals surface area contributed by atoms with Crippen LogP contribution in [0.2, 0.25) is 0 Å². The van der Waals surface area contributed by atoms with Gasteiger partial charge < -0.3 is 0 Å². The summed E-state index contributed by atoms with van der Waals surface area (Å²) in [5.74, 6) is 1.32. The van der Waals surface area contributed by atoms with E-state index < -0.39 is 0 Å². The summed E-state index contributed by atoms with van der Waals surface area (Å²) >= 11 is 1.67.